The van der Waals surface area contributed by atoms with Crippen molar-refractivity contribution in [2.24, 2.45) is 0 Å². The van der Waals surface area contributed by atoms with Gasteiger partial charge in [0.15, 0.2) is 0 Å². The Balaban J connectivity index is 1.97. The van der Waals surface area contributed by atoms with Gasteiger partial charge in [0.25, 0.3) is 0 Å². The fourth-order valence-corrected chi connectivity index (χ4v) is 2.13. The summed E-state index contributed by atoms with van der Waals surface area (Å²) in [7, 11) is 4.26. The number of likely N-dealkylation sites (N-methyl/N-ethyl adjacent to an activating group) is 1. The maximum absolute atomic E-state index is 3.19. The molecule has 0 bridgehead atoms. The van der Waals surface area contributed by atoms with Gasteiger partial charge in [0.05, 0.1) is 0 Å². The molecule has 1 heterocycles. The second kappa shape index (κ2) is 8.08. The lowest BCUT2D eigenvalue weighted by molar-refractivity contribution is 0.195. The monoisotopic (exact) mass is 213 g/mol. The molecule has 3 nitrogen and oxygen atoms in total. The number of nitrogens with zero attached hydrogens (tertiary/aromatic N) is 2. The van der Waals surface area contributed by atoms with Crippen LogP contribution in [0.1, 0.15) is 25.7 Å². The van der Waals surface area contributed by atoms with E-state index in [1.54, 1.807) is 0 Å². The van der Waals surface area contributed by atoms with Crippen LogP contribution in [-0.2, 0) is 0 Å². The molecule has 1 aliphatic rings. The van der Waals surface area contributed by atoms with E-state index in [2.05, 4.69) is 22.2 Å². The molecule has 15 heavy (non-hydrogen) atoms. The molecule has 0 unspecified atom stereocenters. The Morgan fingerprint density at radius 2 is 1.87 bits per heavy atom. The number of piperidine rings is 1. The van der Waals surface area contributed by atoms with Crippen LogP contribution in [0.3, 0.4) is 0 Å². The van der Waals surface area contributed by atoms with Crippen molar-refractivity contribution in [2.75, 3.05) is 53.4 Å². The predicted molar refractivity (Wildman–Crippen MR) is 66.3 cm³/mol. The molecule has 0 atom stereocenters. The van der Waals surface area contributed by atoms with Crippen LogP contribution < -0.4 is 5.32 Å². The Kier molecular flexibility index (Phi) is 6.98. The number of hydrogen-bond acceptors (Lipinski definition) is 3. The van der Waals surface area contributed by atoms with Crippen LogP contribution >= 0.6 is 0 Å². The average molecular weight is 213 g/mol. The topological polar surface area (TPSA) is 18.5 Å². The largest absolute Gasteiger partial charge is 0.320 e. The molecule has 1 fully saturated rings. The van der Waals surface area contributed by atoms with Crippen molar-refractivity contribution in [3.05, 3.63) is 0 Å². The number of likely N-dealkylation sites (tertiary alicyclic amines) is 1. The van der Waals surface area contributed by atoms with Crippen molar-refractivity contribution < 1.29 is 0 Å². The third kappa shape index (κ3) is 6.13. The van der Waals surface area contributed by atoms with E-state index in [4.69, 9.17) is 0 Å². The average Bonchev–Trinajstić information content (AvgIpc) is 2.28. The van der Waals surface area contributed by atoms with Crippen LogP contribution in [0.15, 0.2) is 0 Å². The first kappa shape index (κ1) is 12.9. The maximum atomic E-state index is 3.19. The number of hydrogen-bond donors (Lipinski definition) is 1. The van der Waals surface area contributed by atoms with Gasteiger partial charge >= 0.3 is 0 Å². The van der Waals surface area contributed by atoms with Gasteiger partial charge in [-0.05, 0) is 59.5 Å². The van der Waals surface area contributed by atoms with E-state index in [-0.39, 0.29) is 0 Å². The van der Waals surface area contributed by atoms with Crippen LogP contribution in [-0.4, -0.2) is 63.2 Å². The van der Waals surface area contributed by atoms with E-state index in [0.29, 0.717) is 0 Å². The molecule has 0 aromatic heterocycles. The molecule has 0 aromatic carbocycles. The molecule has 0 amide bonds. The van der Waals surface area contributed by atoms with Crippen LogP contribution in [0, 0.1) is 0 Å². The molecule has 0 aliphatic carbocycles. The summed E-state index contributed by atoms with van der Waals surface area (Å²) in [6.07, 6.45) is 5.51. The quantitative estimate of drug-likeness (QED) is 0.637. The standard InChI is InChI=1S/C12H27N3/c1-13-7-6-8-14(2)11-12-15-9-4-3-5-10-15/h13H,3-12H2,1-2H3. The summed E-state index contributed by atoms with van der Waals surface area (Å²) in [6, 6.07) is 0. The summed E-state index contributed by atoms with van der Waals surface area (Å²) in [5.74, 6) is 0. The summed E-state index contributed by atoms with van der Waals surface area (Å²) in [5, 5.41) is 3.19. The Morgan fingerprint density at radius 1 is 1.13 bits per heavy atom. The second-order valence-corrected chi connectivity index (χ2v) is 4.66. The van der Waals surface area contributed by atoms with Crippen molar-refractivity contribution in [3.8, 4) is 0 Å². The molecule has 0 saturated carbocycles. The first-order chi connectivity index (χ1) is 7.33. The minimum absolute atomic E-state index is 1.13. The van der Waals surface area contributed by atoms with Gasteiger partial charge in [-0.2, -0.15) is 0 Å². The van der Waals surface area contributed by atoms with Gasteiger partial charge in [0.2, 0.25) is 0 Å². The first-order valence-corrected chi connectivity index (χ1v) is 6.38. The van der Waals surface area contributed by atoms with Crippen molar-refractivity contribution in [1.82, 2.24) is 15.1 Å². The van der Waals surface area contributed by atoms with Crippen LogP contribution in [0.4, 0.5) is 0 Å². The lowest BCUT2D eigenvalue weighted by atomic mass is 10.1. The molecule has 1 rings (SSSR count). The molecule has 1 N–H and O–H groups in total. The summed E-state index contributed by atoms with van der Waals surface area (Å²) in [5.41, 5.74) is 0. The summed E-state index contributed by atoms with van der Waals surface area (Å²) in [4.78, 5) is 5.06. The van der Waals surface area contributed by atoms with Gasteiger partial charge < -0.3 is 15.1 Å². The third-order valence-corrected chi connectivity index (χ3v) is 3.21. The van der Waals surface area contributed by atoms with E-state index in [1.165, 1.54) is 58.4 Å². The molecule has 90 valence electrons. The Bertz CT molecular complexity index is 144. The van der Waals surface area contributed by atoms with E-state index >= 15 is 0 Å². The second-order valence-electron chi connectivity index (χ2n) is 4.66. The minimum Gasteiger partial charge on any atom is -0.320 e. The summed E-state index contributed by atoms with van der Waals surface area (Å²) in [6.45, 7) is 7.48. The van der Waals surface area contributed by atoms with Crippen LogP contribution in [0.5, 0.6) is 0 Å². The summed E-state index contributed by atoms with van der Waals surface area (Å²) < 4.78 is 0. The third-order valence-electron chi connectivity index (χ3n) is 3.21. The molecular formula is C12H27N3. The van der Waals surface area contributed by atoms with Gasteiger partial charge in [-0.3, -0.25) is 0 Å². The molecule has 3 heteroatoms. The predicted octanol–water partition coefficient (Wildman–Crippen LogP) is 1.01. The molecule has 0 radical (unpaired) electrons. The van der Waals surface area contributed by atoms with Gasteiger partial charge in [-0.25, -0.2) is 0 Å². The molecule has 1 aliphatic heterocycles. The first-order valence-electron chi connectivity index (χ1n) is 6.38. The highest BCUT2D eigenvalue weighted by atomic mass is 15.2. The zero-order valence-corrected chi connectivity index (χ0v) is 10.5. The number of nitrogens with one attached hydrogen (secondary N) is 1. The Morgan fingerprint density at radius 3 is 2.53 bits per heavy atom. The highest BCUT2D eigenvalue weighted by molar-refractivity contribution is 4.66. The lowest BCUT2D eigenvalue weighted by Gasteiger charge is -2.28. The van der Waals surface area contributed by atoms with Crippen molar-refractivity contribution >= 4 is 0 Å². The van der Waals surface area contributed by atoms with Crippen molar-refractivity contribution in [1.29, 1.82) is 0 Å². The van der Waals surface area contributed by atoms with Gasteiger partial charge in [0, 0.05) is 13.1 Å². The van der Waals surface area contributed by atoms with E-state index in [0.717, 1.165) is 6.54 Å². The van der Waals surface area contributed by atoms with E-state index in [1.807, 2.05) is 7.05 Å². The summed E-state index contributed by atoms with van der Waals surface area (Å²) >= 11 is 0. The molecular weight excluding hydrogens is 186 g/mol. The fraction of sp³-hybridized carbons (Fsp3) is 1.00. The highest BCUT2D eigenvalue weighted by Gasteiger charge is 2.09. The fourth-order valence-electron chi connectivity index (χ4n) is 2.13. The van der Waals surface area contributed by atoms with Crippen molar-refractivity contribution in [2.45, 2.75) is 25.7 Å². The Labute approximate surface area is 94.8 Å². The smallest absolute Gasteiger partial charge is 0.0109 e. The minimum atomic E-state index is 1.13. The Hall–Kier alpha value is -0.120. The van der Waals surface area contributed by atoms with Crippen molar-refractivity contribution in [3.63, 3.8) is 0 Å². The molecule has 0 aromatic rings. The highest BCUT2D eigenvalue weighted by Crippen LogP contribution is 2.07. The normalized spacial score (nSPS) is 18.6. The van der Waals surface area contributed by atoms with Crippen LogP contribution in [0.2, 0.25) is 0 Å². The zero-order chi connectivity index (χ0) is 10.9. The lowest BCUT2D eigenvalue weighted by Crippen LogP contribution is -2.37. The van der Waals surface area contributed by atoms with Gasteiger partial charge in [0.1, 0.15) is 0 Å². The number of rotatable bonds is 7. The maximum Gasteiger partial charge on any atom is 0.0109 e. The van der Waals surface area contributed by atoms with Crippen LogP contribution in [0.25, 0.3) is 0 Å². The SMILES string of the molecule is CNCCCN(C)CCN1CCCCC1. The van der Waals surface area contributed by atoms with Gasteiger partial charge in [-0.15, -0.1) is 0 Å². The van der Waals surface area contributed by atoms with Gasteiger partial charge in [-0.1, -0.05) is 6.42 Å². The molecule has 0 spiro atoms. The molecule has 1 saturated heterocycles. The van der Waals surface area contributed by atoms with E-state index < -0.39 is 0 Å². The zero-order valence-electron chi connectivity index (χ0n) is 10.5. The van der Waals surface area contributed by atoms with E-state index in [9.17, 15) is 0 Å².